The molecule has 0 aromatic heterocycles. The van der Waals surface area contributed by atoms with Gasteiger partial charge in [-0.25, -0.2) is 8.42 Å². The highest BCUT2D eigenvalue weighted by Gasteiger charge is 2.47. The summed E-state index contributed by atoms with van der Waals surface area (Å²) in [5, 5.41) is 13.3. The van der Waals surface area contributed by atoms with Crippen LogP contribution in [0.5, 0.6) is 0 Å². The molecule has 2 N–H and O–H groups in total. The third kappa shape index (κ3) is 2.90. The number of hydrogen-bond acceptors (Lipinski definition) is 4. The number of hydrogen-bond donors (Lipinski definition) is 2. The molecule has 4 nitrogen and oxygen atoms in total. The molecule has 0 spiro atoms. The van der Waals surface area contributed by atoms with E-state index in [9.17, 15) is 13.5 Å². The molecule has 112 valence electrons. The molecule has 0 aliphatic heterocycles. The van der Waals surface area contributed by atoms with E-state index >= 15 is 0 Å². The Kier molecular flexibility index (Phi) is 3.97. The van der Waals surface area contributed by atoms with Crippen LogP contribution in [0.4, 0.5) is 0 Å². The highest BCUT2D eigenvalue weighted by Crippen LogP contribution is 2.41. The molecule has 5 heteroatoms. The molecule has 1 fully saturated rings. The molecule has 1 aliphatic carbocycles. The maximum atomic E-state index is 11.4. The van der Waals surface area contributed by atoms with Gasteiger partial charge in [0.15, 0.2) is 9.84 Å². The fraction of sp³-hybridized carbons (Fsp3) is 0.600. The van der Waals surface area contributed by atoms with Crippen LogP contribution in [0, 0.1) is 5.41 Å². The largest absolute Gasteiger partial charge is 0.392 e. The van der Waals surface area contributed by atoms with Gasteiger partial charge in [0, 0.05) is 23.8 Å². The lowest BCUT2D eigenvalue weighted by atomic mass is 9.64. The molecule has 1 saturated carbocycles. The van der Waals surface area contributed by atoms with Crippen LogP contribution in [-0.4, -0.2) is 31.9 Å². The molecule has 0 bridgehead atoms. The molecular weight excluding hydrogens is 274 g/mol. The van der Waals surface area contributed by atoms with Crippen molar-refractivity contribution in [3.8, 4) is 0 Å². The summed E-state index contributed by atoms with van der Waals surface area (Å²) >= 11 is 0. The lowest BCUT2D eigenvalue weighted by Gasteiger charge is -2.50. The molecule has 1 aromatic carbocycles. The van der Waals surface area contributed by atoms with Gasteiger partial charge in [0.1, 0.15) is 0 Å². The van der Waals surface area contributed by atoms with E-state index in [0.29, 0.717) is 4.90 Å². The molecule has 0 amide bonds. The van der Waals surface area contributed by atoms with Crippen molar-refractivity contribution < 1.29 is 13.5 Å². The second-order valence-electron chi connectivity index (χ2n) is 6.36. The molecule has 3 unspecified atom stereocenters. The summed E-state index contributed by atoms with van der Waals surface area (Å²) in [5.41, 5.74) is 0.940. The third-order valence-electron chi connectivity index (χ3n) is 4.48. The number of nitrogens with one attached hydrogen (secondary N) is 1. The van der Waals surface area contributed by atoms with E-state index in [4.69, 9.17) is 0 Å². The Bertz CT molecular complexity index is 578. The topological polar surface area (TPSA) is 66.4 Å². The number of benzene rings is 1. The summed E-state index contributed by atoms with van der Waals surface area (Å²) in [5.74, 6) is 0. The first-order valence-electron chi connectivity index (χ1n) is 6.86. The van der Waals surface area contributed by atoms with E-state index in [0.717, 1.165) is 12.0 Å². The van der Waals surface area contributed by atoms with E-state index in [-0.39, 0.29) is 23.6 Å². The van der Waals surface area contributed by atoms with E-state index < -0.39 is 9.84 Å². The average Bonchev–Trinajstić information content (AvgIpc) is 2.37. The quantitative estimate of drug-likeness (QED) is 0.891. The van der Waals surface area contributed by atoms with Gasteiger partial charge in [-0.2, -0.15) is 0 Å². The predicted molar refractivity (Wildman–Crippen MR) is 79.3 cm³/mol. The molecule has 0 saturated heterocycles. The first-order chi connectivity index (χ1) is 9.12. The first-order valence-corrected chi connectivity index (χ1v) is 8.75. The van der Waals surface area contributed by atoms with Crippen LogP contribution in [0.2, 0.25) is 0 Å². The Morgan fingerprint density at radius 1 is 1.30 bits per heavy atom. The van der Waals surface area contributed by atoms with Gasteiger partial charge in [-0.1, -0.05) is 26.0 Å². The maximum absolute atomic E-state index is 11.4. The zero-order valence-corrected chi connectivity index (χ0v) is 13.2. The van der Waals surface area contributed by atoms with E-state index in [2.05, 4.69) is 26.1 Å². The summed E-state index contributed by atoms with van der Waals surface area (Å²) in [6.07, 6.45) is 1.72. The summed E-state index contributed by atoms with van der Waals surface area (Å²) in [7, 11) is -3.14. The van der Waals surface area contributed by atoms with Gasteiger partial charge in [0.25, 0.3) is 0 Å². The fourth-order valence-corrected chi connectivity index (χ4v) is 3.22. The minimum atomic E-state index is -3.14. The SMILES string of the molecule is CC(NC1CC(O)C1(C)C)c1ccc(S(C)(=O)=O)cc1. The van der Waals surface area contributed by atoms with Crippen LogP contribution in [-0.2, 0) is 9.84 Å². The predicted octanol–water partition coefficient (Wildman–Crippen LogP) is 1.90. The fourth-order valence-electron chi connectivity index (χ4n) is 2.59. The van der Waals surface area contributed by atoms with Gasteiger partial charge in [-0.15, -0.1) is 0 Å². The summed E-state index contributed by atoms with van der Waals surface area (Å²) < 4.78 is 22.9. The van der Waals surface area contributed by atoms with Gasteiger partial charge in [0.2, 0.25) is 0 Å². The van der Waals surface area contributed by atoms with Gasteiger partial charge in [0.05, 0.1) is 11.0 Å². The second kappa shape index (κ2) is 5.13. The van der Waals surface area contributed by atoms with E-state index in [1.807, 2.05) is 12.1 Å². The highest BCUT2D eigenvalue weighted by molar-refractivity contribution is 7.90. The Morgan fingerprint density at radius 3 is 2.25 bits per heavy atom. The van der Waals surface area contributed by atoms with Crippen molar-refractivity contribution in [2.45, 2.75) is 50.3 Å². The summed E-state index contributed by atoms with van der Waals surface area (Å²) in [6.45, 7) is 6.16. The van der Waals surface area contributed by atoms with Crippen molar-refractivity contribution in [1.29, 1.82) is 0 Å². The van der Waals surface area contributed by atoms with Crippen molar-refractivity contribution >= 4 is 9.84 Å². The second-order valence-corrected chi connectivity index (χ2v) is 8.37. The van der Waals surface area contributed by atoms with Crippen LogP contribution in [0.3, 0.4) is 0 Å². The van der Waals surface area contributed by atoms with Crippen LogP contribution < -0.4 is 5.32 Å². The number of sulfone groups is 1. The molecule has 3 atom stereocenters. The minimum absolute atomic E-state index is 0.110. The van der Waals surface area contributed by atoms with Gasteiger partial charge >= 0.3 is 0 Å². The zero-order chi connectivity index (χ0) is 15.1. The standard InChI is InChI=1S/C15H23NO3S/c1-10(16-13-9-14(17)15(13,2)3)11-5-7-12(8-6-11)20(4,18)19/h5-8,10,13-14,16-17H,9H2,1-4H3. The molecular formula is C15H23NO3S. The smallest absolute Gasteiger partial charge is 0.175 e. The number of aliphatic hydroxyl groups excluding tert-OH is 1. The molecule has 1 aromatic rings. The van der Waals surface area contributed by atoms with Gasteiger partial charge in [-0.3, -0.25) is 0 Å². The Balaban J connectivity index is 2.05. The van der Waals surface area contributed by atoms with Crippen molar-refractivity contribution in [2.24, 2.45) is 5.41 Å². The number of rotatable bonds is 4. The van der Waals surface area contributed by atoms with Crippen molar-refractivity contribution in [3.63, 3.8) is 0 Å². The lowest BCUT2D eigenvalue weighted by molar-refractivity contribution is -0.0754. The van der Waals surface area contributed by atoms with Crippen LogP contribution in [0.15, 0.2) is 29.2 Å². The van der Waals surface area contributed by atoms with Crippen LogP contribution >= 0.6 is 0 Å². The molecule has 1 aliphatic rings. The van der Waals surface area contributed by atoms with E-state index in [1.54, 1.807) is 12.1 Å². The van der Waals surface area contributed by atoms with Crippen molar-refractivity contribution in [1.82, 2.24) is 5.32 Å². The zero-order valence-electron chi connectivity index (χ0n) is 12.4. The number of aliphatic hydroxyl groups is 1. The highest BCUT2D eigenvalue weighted by atomic mass is 32.2. The molecule has 2 rings (SSSR count). The molecule has 0 heterocycles. The summed E-state index contributed by atoms with van der Waals surface area (Å²) in [6, 6.07) is 7.38. The Morgan fingerprint density at radius 2 is 1.85 bits per heavy atom. The Labute approximate surface area is 121 Å². The first kappa shape index (κ1) is 15.5. The Hall–Kier alpha value is -0.910. The normalized spacial score (nSPS) is 26.9. The van der Waals surface area contributed by atoms with Crippen LogP contribution in [0.25, 0.3) is 0 Å². The van der Waals surface area contributed by atoms with Gasteiger partial charge < -0.3 is 10.4 Å². The van der Waals surface area contributed by atoms with Crippen molar-refractivity contribution in [3.05, 3.63) is 29.8 Å². The van der Waals surface area contributed by atoms with Gasteiger partial charge in [-0.05, 0) is 31.0 Å². The maximum Gasteiger partial charge on any atom is 0.175 e. The monoisotopic (exact) mass is 297 g/mol. The lowest BCUT2D eigenvalue weighted by Crippen LogP contribution is -2.60. The molecule has 20 heavy (non-hydrogen) atoms. The third-order valence-corrected chi connectivity index (χ3v) is 5.60. The average molecular weight is 297 g/mol. The van der Waals surface area contributed by atoms with E-state index in [1.165, 1.54) is 6.26 Å². The summed E-state index contributed by atoms with van der Waals surface area (Å²) in [4.78, 5) is 0.341. The van der Waals surface area contributed by atoms with Crippen LogP contribution in [0.1, 0.15) is 38.8 Å². The minimum Gasteiger partial charge on any atom is -0.392 e. The van der Waals surface area contributed by atoms with Crippen molar-refractivity contribution in [2.75, 3.05) is 6.26 Å². The molecule has 0 radical (unpaired) electrons.